The van der Waals surface area contributed by atoms with Crippen LogP contribution in [0.3, 0.4) is 0 Å². The van der Waals surface area contributed by atoms with Crippen molar-refractivity contribution in [3.63, 3.8) is 0 Å². The highest BCUT2D eigenvalue weighted by molar-refractivity contribution is 9.10. The number of amides is 2. The summed E-state index contributed by atoms with van der Waals surface area (Å²) >= 11 is 9.52. The molecule has 1 saturated heterocycles. The lowest BCUT2D eigenvalue weighted by Gasteiger charge is -2.32. The molecule has 1 heterocycles. The summed E-state index contributed by atoms with van der Waals surface area (Å²) in [5, 5.41) is 3.26. The van der Waals surface area contributed by atoms with Crippen molar-refractivity contribution in [3.8, 4) is 0 Å². The first kappa shape index (κ1) is 14.3. The number of hydrogen-bond donors (Lipinski definition) is 1. The van der Waals surface area contributed by atoms with Crippen LogP contribution in [0.2, 0.25) is 5.02 Å². The van der Waals surface area contributed by atoms with Crippen LogP contribution in [-0.2, 0) is 9.59 Å². The van der Waals surface area contributed by atoms with Gasteiger partial charge in [0.05, 0.1) is 5.69 Å². The number of nitrogens with zero attached hydrogens (tertiary/aromatic N) is 1. The summed E-state index contributed by atoms with van der Waals surface area (Å²) in [5.41, 5.74) is 1.55. The Hall–Kier alpha value is -1.07. The number of benzene rings is 1. The minimum Gasteiger partial charge on any atom is -0.343 e. The van der Waals surface area contributed by atoms with Crippen LogP contribution in [-0.4, -0.2) is 24.4 Å². The molecule has 19 heavy (non-hydrogen) atoms. The summed E-state index contributed by atoms with van der Waals surface area (Å²) < 4.78 is 0.757. The molecule has 0 aromatic heterocycles. The van der Waals surface area contributed by atoms with Gasteiger partial charge >= 0.3 is 0 Å². The van der Waals surface area contributed by atoms with Gasteiger partial charge in [0, 0.05) is 9.50 Å². The summed E-state index contributed by atoms with van der Waals surface area (Å²) in [5.74, 6) is -0.266. The van der Waals surface area contributed by atoms with Crippen molar-refractivity contribution in [1.82, 2.24) is 5.32 Å². The molecule has 0 bridgehead atoms. The molecule has 6 heteroatoms. The molecule has 1 aromatic rings. The van der Waals surface area contributed by atoms with Crippen LogP contribution in [0.5, 0.6) is 0 Å². The number of carbonyl (C=O) groups excluding carboxylic acids is 2. The number of rotatable bonds is 2. The maximum atomic E-state index is 12.3. The Labute approximate surface area is 125 Å². The van der Waals surface area contributed by atoms with E-state index in [2.05, 4.69) is 21.2 Å². The van der Waals surface area contributed by atoms with Gasteiger partial charge in [-0.15, -0.1) is 0 Å². The van der Waals surface area contributed by atoms with E-state index >= 15 is 0 Å². The summed E-state index contributed by atoms with van der Waals surface area (Å²) in [6.07, 6.45) is 0.568. The van der Waals surface area contributed by atoms with E-state index in [1.54, 1.807) is 6.07 Å². The SMILES string of the molecule is CCC1NC(=O)CN(c2cc(Cl)c(C)cc2Br)C1=O. The highest BCUT2D eigenvalue weighted by Crippen LogP contribution is 2.33. The van der Waals surface area contributed by atoms with E-state index in [0.29, 0.717) is 17.1 Å². The molecule has 2 amide bonds. The van der Waals surface area contributed by atoms with Crippen molar-refractivity contribution in [2.45, 2.75) is 26.3 Å². The lowest BCUT2D eigenvalue weighted by atomic mass is 10.1. The Morgan fingerprint density at radius 2 is 2.16 bits per heavy atom. The smallest absolute Gasteiger partial charge is 0.250 e. The molecule has 1 aliphatic rings. The number of piperazine rings is 1. The van der Waals surface area contributed by atoms with Crippen molar-refractivity contribution in [2.75, 3.05) is 11.4 Å². The maximum Gasteiger partial charge on any atom is 0.250 e. The van der Waals surface area contributed by atoms with Gasteiger partial charge in [0.1, 0.15) is 12.6 Å². The molecule has 1 fully saturated rings. The van der Waals surface area contributed by atoms with Crippen LogP contribution >= 0.6 is 27.5 Å². The van der Waals surface area contributed by atoms with E-state index in [1.165, 1.54) is 4.90 Å². The fourth-order valence-electron chi connectivity index (χ4n) is 2.03. The third-order valence-electron chi connectivity index (χ3n) is 3.13. The van der Waals surface area contributed by atoms with E-state index in [9.17, 15) is 9.59 Å². The number of aryl methyl sites for hydroxylation is 1. The molecule has 1 aliphatic heterocycles. The fourth-order valence-corrected chi connectivity index (χ4v) is 2.86. The van der Waals surface area contributed by atoms with Gasteiger partial charge in [-0.3, -0.25) is 9.59 Å². The Morgan fingerprint density at radius 3 is 2.79 bits per heavy atom. The molecular weight excluding hydrogens is 332 g/mol. The van der Waals surface area contributed by atoms with E-state index in [4.69, 9.17) is 11.6 Å². The van der Waals surface area contributed by atoms with Crippen LogP contribution in [0.1, 0.15) is 18.9 Å². The number of halogens is 2. The minimum atomic E-state index is -0.465. The van der Waals surface area contributed by atoms with Crippen LogP contribution < -0.4 is 10.2 Å². The molecule has 1 N–H and O–H groups in total. The van der Waals surface area contributed by atoms with Crippen LogP contribution in [0, 0.1) is 6.92 Å². The number of carbonyl (C=O) groups is 2. The summed E-state index contributed by atoms with van der Waals surface area (Å²) in [6.45, 7) is 3.77. The first-order chi connectivity index (χ1) is 8.93. The summed E-state index contributed by atoms with van der Waals surface area (Å²) in [4.78, 5) is 25.4. The lowest BCUT2D eigenvalue weighted by Crippen LogP contribution is -2.58. The molecule has 1 aromatic carbocycles. The number of hydrogen-bond acceptors (Lipinski definition) is 2. The Morgan fingerprint density at radius 1 is 1.47 bits per heavy atom. The van der Waals surface area contributed by atoms with Gasteiger partial charge in [0.2, 0.25) is 11.8 Å². The van der Waals surface area contributed by atoms with Gasteiger partial charge in [-0.1, -0.05) is 18.5 Å². The molecule has 0 radical (unpaired) electrons. The van der Waals surface area contributed by atoms with E-state index in [1.807, 2.05) is 19.9 Å². The van der Waals surface area contributed by atoms with E-state index < -0.39 is 6.04 Å². The zero-order chi connectivity index (χ0) is 14.2. The molecule has 0 aliphatic carbocycles. The van der Waals surface area contributed by atoms with Crippen molar-refractivity contribution in [1.29, 1.82) is 0 Å². The minimum absolute atomic E-state index is 0.0212. The van der Waals surface area contributed by atoms with Crippen molar-refractivity contribution in [2.24, 2.45) is 0 Å². The summed E-state index contributed by atoms with van der Waals surface area (Å²) in [7, 11) is 0. The molecule has 102 valence electrons. The van der Waals surface area contributed by atoms with Gasteiger partial charge in [0.25, 0.3) is 0 Å². The van der Waals surface area contributed by atoms with E-state index in [0.717, 1.165) is 10.0 Å². The van der Waals surface area contributed by atoms with Crippen molar-refractivity contribution in [3.05, 3.63) is 27.2 Å². The predicted molar refractivity (Wildman–Crippen MR) is 78.5 cm³/mol. The second-order valence-electron chi connectivity index (χ2n) is 4.51. The van der Waals surface area contributed by atoms with Gasteiger partial charge in [-0.05, 0) is 47.0 Å². The lowest BCUT2D eigenvalue weighted by molar-refractivity contribution is -0.131. The normalized spacial score (nSPS) is 19.6. The Kier molecular flexibility index (Phi) is 4.16. The van der Waals surface area contributed by atoms with Crippen molar-refractivity contribution < 1.29 is 9.59 Å². The quantitative estimate of drug-likeness (QED) is 0.896. The van der Waals surface area contributed by atoms with Crippen LogP contribution in [0.15, 0.2) is 16.6 Å². The van der Waals surface area contributed by atoms with Crippen molar-refractivity contribution >= 4 is 45.0 Å². The first-order valence-corrected chi connectivity index (χ1v) is 7.17. The largest absolute Gasteiger partial charge is 0.343 e. The Bertz CT molecular complexity index is 548. The molecule has 2 rings (SSSR count). The first-order valence-electron chi connectivity index (χ1n) is 6.00. The molecular formula is C13H14BrClN2O2. The zero-order valence-electron chi connectivity index (χ0n) is 10.7. The van der Waals surface area contributed by atoms with Gasteiger partial charge in [-0.2, -0.15) is 0 Å². The average Bonchev–Trinajstić information content (AvgIpc) is 2.36. The molecule has 0 spiro atoms. The van der Waals surface area contributed by atoms with Crippen LogP contribution in [0.4, 0.5) is 5.69 Å². The molecule has 1 unspecified atom stereocenters. The zero-order valence-corrected chi connectivity index (χ0v) is 13.0. The number of nitrogens with one attached hydrogen (secondary N) is 1. The monoisotopic (exact) mass is 344 g/mol. The van der Waals surface area contributed by atoms with Gasteiger partial charge in [-0.25, -0.2) is 0 Å². The topological polar surface area (TPSA) is 49.4 Å². The number of anilines is 1. The molecule has 4 nitrogen and oxygen atoms in total. The summed E-state index contributed by atoms with van der Waals surface area (Å²) in [6, 6.07) is 3.09. The Balaban J connectivity index is 2.42. The average molecular weight is 346 g/mol. The second-order valence-corrected chi connectivity index (χ2v) is 5.77. The highest BCUT2D eigenvalue weighted by atomic mass is 79.9. The molecule has 0 saturated carbocycles. The second kappa shape index (κ2) is 5.51. The van der Waals surface area contributed by atoms with Gasteiger partial charge in [0.15, 0.2) is 0 Å². The maximum absolute atomic E-state index is 12.3. The molecule has 1 atom stereocenters. The highest BCUT2D eigenvalue weighted by Gasteiger charge is 2.33. The van der Waals surface area contributed by atoms with E-state index in [-0.39, 0.29) is 18.4 Å². The third kappa shape index (κ3) is 2.77. The fraction of sp³-hybridized carbons (Fsp3) is 0.385. The standard InChI is InChI=1S/C13H14BrClN2O2/c1-3-10-13(19)17(6-12(18)16-10)11-5-9(15)7(2)4-8(11)14/h4-5,10H,3,6H2,1-2H3,(H,16,18). The van der Waals surface area contributed by atoms with Crippen LogP contribution in [0.25, 0.3) is 0 Å². The van der Waals surface area contributed by atoms with Gasteiger partial charge < -0.3 is 10.2 Å². The predicted octanol–water partition coefficient (Wildman–Crippen LogP) is 2.65. The third-order valence-corrected chi connectivity index (χ3v) is 4.17.